The Balaban J connectivity index is 2.18. The fourth-order valence-electron chi connectivity index (χ4n) is 2.33. The van der Waals surface area contributed by atoms with E-state index in [0.717, 1.165) is 12.0 Å². The first-order valence-corrected chi connectivity index (χ1v) is 7.76. The number of fused-ring (bicyclic) bond motifs is 1. The molecule has 1 aromatic carbocycles. The number of sulfonamides is 1. The van der Waals surface area contributed by atoms with Gasteiger partial charge < -0.3 is 5.32 Å². The standard InChI is InChI=1S/C13H20N2O2S/c1-11(9-14-2)18(16,17)15-8-7-12-5-3-4-6-13(12)10-15/h3-6,11,14H,7-10H2,1-2H3. The summed E-state index contributed by atoms with van der Waals surface area (Å²) in [6.45, 7) is 3.34. The summed E-state index contributed by atoms with van der Waals surface area (Å²) in [6, 6.07) is 8.06. The summed E-state index contributed by atoms with van der Waals surface area (Å²) < 4.78 is 26.4. The Morgan fingerprint density at radius 1 is 1.33 bits per heavy atom. The Morgan fingerprint density at radius 2 is 2.00 bits per heavy atom. The van der Waals surface area contributed by atoms with Crippen molar-refractivity contribution in [3.8, 4) is 0 Å². The predicted octanol–water partition coefficient (Wildman–Crippen LogP) is 0.982. The van der Waals surface area contributed by atoms with Gasteiger partial charge in [0, 0.05) is 19.6 Å². The van der Waals surface area contributed by atoms with Crippen LogP contribution in [-0.2, 0) is 23.0 Å². The lowest BCUT2D eigenvalue weighted by Gasteiger charge is -2.30. The molecule has 1 aromatic rings. The first-order valence-electron chi connectivity index (χ1n) is 6.26. The van der Waals surface area contributed by atoms with E-state index in [9.17, 15) is 8.42 Å². The van der Waals surface area contributed by atoms with E-state index >= 15 is 0 Å². The summed E-state index contributed by atoms with van der Waals surface area (Å²) in [7, 11) is -1.42. The second kappa shape index (κ2) is 5.38. The van der Waals surface area contributed by atoms with E-state index in [-0.39, 0.29) is 5.25 Å². The fraction of sp³-hybridized carbons (Fsp3) is 0.538. The van der Waals surface area contributed by atoms with Gasteiger partial charge in [0.05, 0.1) is 5.25 Å². The van der Waals surface area contributed by atoms with Crippen LogP contribution in [-0.4, -0.2) is 38.1 Å². The second-order valence-electron chi connectivity index (χ2n) is 4.77. The maximum Gasteiger partial charge on any atom is 0.218 e. The lowest BCUT2D eigenvalue weighted by atomic mass is 10.0. The van der Waals surface area contributed by atoms with Crippen molar-refractivity contribution >= 4 is 10.0 Å². The van der Waals surface area contributed by atoms with Gasteiger partial charge in [0.1, 0.15) is 0 Å². The SMILES string of the molecule is CNCC(C)S(=O)(=O)N1CCc2ccccc2C1. The molecule has 0 amide bonds. The van der Waals surface area contributed by atoms with E-state index in [1.165, 1.54) is 5.56 Å². The van der Waals surface area contributed by atoms with Crippen LogP contribution in [0.1, 0.15) is 18.1 Å². The number of nitrogens with one attached hydrogen (secondary N) is 1. The number of rotatable bonds is 4. The number of hydrogen-bond donors (Lipinski definition) is 1. The predicted molar refractivity (Wildman–Crippen MR) is 72.9 cm³/mol. The molecular weight excluding hydrogens is 248 g/mol. The van der Waals surface area contributed by atoms with Gasteiger partial charge in [0.15, 0.2) is 0 Å². The molecule has 1 aliphatic rings. The van der Waals surface area contributed by atoms with E-state index in [4.69, 9.17) is 0 Å². The molecule has 4 nitrogen and oxygen atoms in total. The lowest BCUT2D eigenvalue weighted by molar-refractivity contribution is 0.385. The molecule has 18 heavy (non-hydrogen) atoms. The summed E-state index contributed by atoms with van der Waals surface area (Å²) in [5.41, 5.74) is 2.40. The monoisotopic (exact) mass is 268 g/mol. The average Bonchev–Trinajstić information content (AvgIpc) is 2.38. The molecular formula is C13H20N2O2S. The molecule has 0 saturated carbocycles. The highest BCUT2D eigenvalue weighted by molar-refractivity contribution is 7.89. The molecule has 1 aliphatic heterocycles. The Bertz CT molecular complexity index is 513. The van der Waals surface area contributed by atoms with E-state index < -0.39 is 10.0 Å². The quantitative estimate of drug-likeness (QED) is 0.885. The van der Waals surface area contributed by atoms with Gasteiger partial charge >= 0.3 is 0 Å². The van der Waals surface area contributed by atoms with Crippen LogP contribution in [0.25, 0.3) is 0 Å². The largest absolute Gasteiger partial charge is 0.318 e. The van der Waals surface area contributed by atoms with Gasteiger partial charge in [0.2, 0.25) is 10.0 Å². The fourth-order valence-corrected chi connectivity index (χ4v) is 3.89. The summed E-state index contributed by atoms with van der Waals surface area (Å²) >= 11 is 0. The zero-order valence-corrected chi connectivity index (χ0v) is 11.7. The number of benzene rings is 1. The van der Waals surface area contributed by atoms with Gasteiger partial charge in [-0.25, -0.2) is 8.42 Å². The summed E-state index contributed by atoms with van der Waals surface area (Å²) in [6.07, 6.45) is 0.807. The van der Waals surface area contributed by atoms with Gasteiger partial charge in [-0.3, -0.25) is 0 Å². The molecule has 0 aromatic heterocycles. The van der Waals surface area contributed by atoms with Crippen LogP contribution in [0.15, 0.2) is 24.3 Å². The number of hydrogen-bond acceptors (Lipinski definition) is 3. The molecule has 1 heterocycles. The van der Waals surface area contributed by atoms with Crippen molar-refractivity contribution in [3.63, 3.8) is 0 Å². The van der Waals surface area contributed by atoms with Crippen LogP contribution < -0.4 is 5.32 Å². The first kappa shape index (κ1) is 13.5. The highest BCUT2D eigenvalue weighted by Crippen LogP contribution is 2.22. The van der Waals surface area contributed by atoms with Crippen molar-refractivity contribution in [3.05, 3.63) is 35.4 Å². The topological polar surface area (TPSA) is 49.4 Å². The highest BCUT2D eigenvalue weighted by atomic mass is 32.2. The Morgan fingerprint density at radius 3 is 2.67 bits per heavy atom. The maximum absolute atomic E-state index is 12.4. The van der Waals surface area contributed by atoms with Gasteiger partial charge in [0.25, 0.3) is 0 Å². The molecule has 0 fully saturated rings. The van der Waals surface area contributed by atoms with Crippen LogP contribution in [0.3, 0.4) is 0 Å². The molecule has 5 heteroatoms. The molecule has 0 aliphatic carbocycles. The third-order valence-electron chi connectivity index (χ3n) is 3.46. The molecule has 0 spiro atoms. The van der Waals surface area contributed by atoms with Crippen molar-refractivity contribution in [2.45, 2.75) is 25.1 Å². The van der Waals surface area contributed by atoms with Gasteiger partial charge in [-0.15, -0.1) is 0 Å². The maximum atomic E-state index is 12.4. The Kier molecular flexibility index (Phi) is 4.04. The van der Waals surface area contributed by atoms with Crippen molar-refractivity contribution in [1.82, 2.24) is 9.62 Å². The minimum absolute atomic E-state index is 0.382. The van der Waals surface area contributed by atoms with Gasteiger partial charge in [-0.05, 0) is 31.5 Å². The average molecular weight is 268 g/mol. The van der Waals surface area contributed by atoms with Crippen molar-refractivity contribution in [2.24, 2.45) is 0 Å². The van der Waals surface area contributed by atoms with Crippen LogP contribution in [0, 0.1) is 0 Å². The zero-order chi connectivity index (χ0) is 13.2. The molecule has 0 saturated heterocycles. The van der Waals surface area contributed by atoms with Crippen LogP contribution in [0.5, 0.6) is 0 Å². The third-order valence-corrected chi connectivity index (χ3v) is 5.67. The molecule has 0 bridgehead atoms. The van der Waals surface area contributed by atoms with Crippen LogP contribution in [0.4, 0.5) is 0 Å². The summed E-state index contributed by atoms with van der Waals surface area (Å²) in [5.74, 6) is 0. The Hall–Kier alpha value is -0.910. The van der Waals surface area contributed by atoms with Crippen molar-refractivity contribution in [2.75, 3.05) is 20.1 Å². The van der Waals surface area contributed by atoms with Crippen molar-refractivity contribution < 1.29 is 8.42 Å². The molecule has 2 rings (SSSR count). The third kappa shape index (κ3) is 2.58. The van der Waals surface area contributed by atoms with E-state index in [1.54, 1.807) is 18.3 Å². The molecule has 0 radical (unpaired) electrons. The Labute approximate surface area is 109 Å². The molecule has 1 N–H and O–H groups in total. The minimum Gasteiger partial charge on any atom is -0.318 e. The van der Waals surface area contributed by atoms with Crippen LogP contribution >= 0.6 is 0 Å². The molecule has 100 valence electrons. The number of nitrogens with zero attached hydrogens (tertiary/aromatic N) is 1. The molecule has 1 atom stereocenters. The van der Waals surface area contributed by atoms with E-state index in [0.29, 0.717) is 19.6 Å². The smallest absolute Gasteiger partial charge is 0.218 e. The highest BCUT2D eigenvalue weighted by Gasteiger charge is 2.30. The second-order valence-corrected chi connectivity index (χ2v) is 7.12. The van der Waals surface area contributed by atoms with E-state index in [2.05, 4.69) is 11.4 Å². The minimum atomic E-state index is -3.20. The summed E-state index contributed by atoms with van der Waals surface area (Å²) in [5, 5.41) is 2.54. The van der Waals surface area contributed by atoms with Crippen LogP contribution in [0.2, 0.25) is 0 Å². The first-order chi connectivity index (χ1) is 8.55. The van der Waals surface area contributed by atoms with Crippen molar-refractivity contribution in [1.29, 1.82) is 0 Å². The lowest BCUT2D eigenvalue weighted by Crippen LogP contribution is -2.43. The van der Waals surface area contributed by atoms with E-state index in [1.807, 2.05) is 18.2 Å². The normalized spacial score (nSPS) is 18.3. The summed E-state index contributed by atoms with van der Waals surface area (Å²) in [4.78, 5) is 0. The molecule has 1 unspecified atom stereocenters. The van der Waals surface area contributed by atoms with Gasteiger partial charge in [-0.2, -0.15) is 4.31 Å². The van der Waals surface area contributed by atoms with Gasteiger partial charge in [-0.1, -0.05) is 24.3 Å². The zero-order valence-electron chi connectivity index (χ0n) is 10.9.